The molecule has 4 heterocycles. The molecule has 3 aromatic rings. The van der Waals surface area contributed by atoms with Crippen molar-refractivity contribution in [1.29, 1.82) is 0 Å². The highest BCUT2D eigenvalue weighted by atomic mass is 19.1. The Kier molecular flexibility index (Phi) is 7.02. The molecule has 1 aromatic carbocycles. The Morgan fingerprint density at radius 3 is 2.56 bits per heavy atom. The van der Waals surface area contributed by atoms with Crippen LogP contribution in [-0.2, 0) is 11.3 Å². The first-order valence-electron chi connectivity index (χ1n) is 12.3. The van der Waals surface area contributed by atoms with Crippen LogP contribution in [-0.4, -0.2) is 62.9 Å². The van der Waals surface area contributed by atoms with Gasteiger partial charge >= 0.3 is 0 Å². The molecule has 0 spiro atoms. The number of halogens is 1. The number of carbonyl (C=O) groups is 1. The molecular formula is C28H29FN6O. The molecule has 0 radical (unpaired) electrons. The van der Waals surface area contributed by atoms with Gasteiger partial charge in [-0.3, -0.25) is 14.5 Å². The fourth-order valence-electron chi connectivity index (χ4n) is 4.59. The van der Waals surface area contributed by atoms with Crippen molar-refractivity contribution in [2.75, 3.05) is 26.2 Å². The molecule has 0 atom stereocenters. The summed E-state index contributed by atoms with van der Waals surface area (Å²) in [5.41, 5.74) is 4.26. The zero-order valence-electron chi connectivity index (χ0n) is 20.3. The third-order valence-electron chi connectivity index (χ3n) is 6.58. The number of piperazine rings is 1. The molecule has 2 aliphatic rings. The Balaban J connectivity index is 1.33. The number of hydrogen-bond donors (Lipinski definition) is 0. The van der Waals surface area contributed by atoms with E-state index in [-0.39, 0.29) is 12.5 Å². The average Bonchev–Trinajstić information content (AvgIpc) is 3.18. The molecule has 0 bridgehead atoms. The number of nitrogens with zero attached hydrogens (tertiary/aromatic N) is 6. The van der Waals surface area contributed by atoms with Gasteiger partial charge in [0.05, 0.1) is 23.3 Å². The third-order valence-corrected chi connectivity index (χ3v) is 6.58. The van der Waals surface area contributed by atoms with Gasteiger partial charge in [-0.1, -0.05) is 43.3 Å². The minimum atomic E-state index is -0.405. The van der Waals surface area contributed by atoms with Crippen molar-refractivity contribution < 1.29 is 9.18 Å². The van der Waals surface area contributed by atoms with Crippen LogP contribution in [0.1, 0.15) is 19.8 Å². The van der Waals surface area contributed by atoms with Gasteiger partial charge < -0.3 is 9.80 Å². The number of amides is 1. The van der Waals surface area contributed by atoms with Crippen LogP contribution in [0, 0.1) is 5.82 Å². The number of allylic oxidation sites excluding steroid dienone is 3. The molecule has 2 aromatic heterocycles. The maximum atomic E-state index is 13.5. The molecular weight excluding hydrogens is 455 g/mol. The highest BCUT2D eigenvalue weighted by Gasteiger charge is 2.25. The standard InChI is InChI=1S/C28H29FN6O/c1-2-21-8-6-7-13-30-28(21)34-16-14-33(15-17-34)27(36)20-35-26(24-12-11-23(29)19-31-24)18-25(32-35)22-9-4-3-5-10-22/h3-7,9-13,18-19H,2,8,14-17,20H2,1H3. The Morgan fingerprint density at radius 1 is 1.03 bits per heavy atom. The molecule has 7 nitrogen and oxygen atoms in total. The number of aliphatic imine (C=N–C) groups is 1. The SMILES string of the molecule is CCC1=C(N2CCN(C(=O)Cn3nc(-c4ccccc4)cc3-c3ccc(F)cn3)CC2)N=CC=CC1. The van der Waals surface area contributed by atoms with E-state index in [9.17, 15) is 9.18 Å². The Morgan fingerprint density at radius 2 is 1.83 bits per heavy atom. The van der Waals surface area contributed by atoms with Gasteiger partial charge in [0, 0.05) is 38.0 Å². The summed E-state index contributed by atoms with van der Waals surface area (Å²) in [6.45, 7) is 4.97. The second kappa shape index (κ2) is 10.7. The zero-order chi connectivity index (χ0) is 24.9. The van der Waals surface area contributed by atoms with Crippen LogP contribution in [0.25, 0.3) is 22.6 Å². The molecule has 1 saturated heterocycles. The highest BCUT2D eigenvalue weighted by Crippen LogP contribution is 2.26. The predicted octanol–water partition coefficient (Wildman–Crippen LogP) is 4.55. The summed E-state index contributed by atoms with van der Waals surface area (Å²) in [7, 11) is 0. The molecule has 0 aliphatic carbocycles. The summed E-state index contributed by atoms with van der Waals surface area (Å²) >= 11 is 0. The fraction of sp³-hybridized carbons (Fsp3) is 0.286. The molecule has 1 amide bonds. The zero-order valence-corrected chi connectivity index (χ0v) is 20.3. The summed E-state index contributed by atoms with van der Waals surface area (Å²) < 4.78 is 15.2. The number of carbonyl (C=O) groups excluding carboxylic acids is 1. The van der Waals surface area contributed by atoms with Crippen LogP contribution >= 0.6 is 0 Å². The second-order valence-electron chi connectivity index (χ2n) is 8.86. The minimum absolute atomic E-state index is 0.00328. The largest absolute Gasteiger partial charge is 0.353 e. The molecule has 0 saturated carbocycles. The van der Waals surface area contributed by atoms with Crippen molar-refractivity contribution in [2.24, 2.45) is 4.99 Å². The van der Waals surface area contributed by atoms with E-state index in [1.54, 1.807) is 10.7 Å². The third kappa shape index (κ3) is 5.12. The maximum Gasteiger partial charge on any atom is 0.244 e. The molecule has 5 rings (SSSR count). The second-order valence-corrected chi connectivity index (χ2v) is 8.86. The van der Waals surface area contributed by atoms with Crippen LogP contribution in [0.4, 0.5) is 4.39 Å². The summed E-state index contributed by atoms with van der Waals surface area (Å²) in [6, 6.07) is 14.7. The van der Waals surface area contributed by atoms with Gasteiger partial charge in [-0.15, -0.1) is 0 Å². The number of pyridine rings is 1. The lowest BCUT2D eigenvalue weighted by Crippen LogP contribution is -2.49. The summed E-state index contributed by atoms with van der Waals surface area (Å²) in [5, 5.41) is 4.73. The summed E-state index contributed by atoms with van der Waals surface area (Å²) in [4.78, 5) is 26.4. The lowest BCUT2D eigenvalue weighted by molar-refractivity contribution is -0.133. The van der Waals surface area contributed by atoms with Gasteiger partial charge in [0.2, 0.25) is 5.91 Å². The van der Waals surface area contributed by atoms with Crippen molar-refractivity contribution in [1.82, 2.24) is 24.6 Å². The van der Waals surface area contributed by atoms with E-state index < -0.39 is 5.82 Å². The number of aromatic nitrogens is 3. The van der Waals surface area contributed by atoms with E-state index in [1.165, 1.54) is 17.8 Å². The molecule has 0 unspecified atom stereocenters. The number of benzene rings is 1. The van der Waals surface area contributed by atoms with E-state index in [4.69, 9.17) is 5.10 Å². The number of rotatable bonds is 6. The van der Waals surface area contributed by atoms with Crippen molar-refractivity contribution >= 4 is 12.1 Å². The van der Waals surface area contributed by atoms with Crippen molar-refractivity contribution in [2.45, 2.75) is 26.3 Å². The van der Waals surface area contributed by atoms with Gasteiger partial charge in [-0.05, 0) is 42.7 Å². The van der Waals surface area contributed by atoms with Crippen molar-refractivity contribution in [3.63, 3.8) is 0 Å². The van der Waals surface area contributed by atoms with E-state index in [0.717, 1.165) is 43.0 Å². The molecule has 8 heteroatoms. The van der Waals surface area contributed by atoms with E-state index in [0.29, 0.717) is 24.5 Å². The van der Waals surface area contributed by atoms with Crippen molar-refractivity contribution in [3.8, 4) is 22.6 Å². The Labute approximate surface area is 210 Å². The molecule has 2 aliphatic heterocycles. The average molecular weight is 485 g/mol. The highest BCUT2D eigenvalue weighted by molar-refractivity contribution is 5.77. The lowest BCUT2D eigenvalue weighted by Gasteiger charge is -2.36. The van der Waals surface area contributed by atoms with Gasteiger partial charge in [-0.2, -0.15) is 5.10 Å². The van der Waals surface area contributed by atoms with Crippen molar-refractivity contribution in [3.05, 3.63) is 84.1 Å². The lowest BCUT2D eigenvalue weighted by atomic mass is 10.1. The first kappa shape index (κ1) is 23.7. The molecule has 1 fully saturated rings. The predicted molar refractivity (Wildman–Crippen MR) is 139 cm³/mol. The van der Waals surface area contributed by atoms with Crippen LogP contribution in [0.15, 0.2) is 83.3 Å². The van der Waals surface area contributed by atoms with Gasteiger partial charge in [0.1, 0.15) is 18.2 Å². The van der Waals surface area contributed by atoms with Gasteiger partial charge in [0.25, 0.3) is 0 Å². The smallest absolute Gasteiger partial charge is 0.244 e. The first-order chi connectivity index (χ1) is 17.6. The van der Waals surface area contributed by atoms with Gasteiger partial charge in [-0.25, -0.2) is 9.38 Å². The topological polar surface area (TPSA) is 66.6 Å². The number of hydrogen-bond acceptors (Lipinski definition) is 5. The molecule has 0 N–H and O–H groups in total. The van der Waals surface area contributed by atoms with Crippen LogP contribution in [0.3, 0.4) is 0 Å². The van der Waals surface area contributed by atoms with Crippen LogP contribution in [0.2, 0.25) is 0 Å². The quantitative estimate of drug-likeness (QED) is 0.515. The monoisotopic (exact) mass is 484 g/mol. The van der Waals surface area contributed by atoms with Gasteiger partial charge in [0.15, 0.2) is 0 Å². The maximum absolute atomic E-state index is 13.5. The normalized spacial score (nSPS) is 15.9. The Bertz CT molecular complexity index is 1300. The van der Waals surface area contributed by atoms with E-state index in [2.05, 4.69) is 27.9 Å². The Hall–Kier alpha value is -4.07. The first-order valence-corrected chi connectivity index (χ1v) is 12.3. The van der Waals surface area contributed by atoms with E-state index >= 15 is 0 Å². The fourth-order valence-corrected chi connectivity index (χ4v) is 4.59. The van der Waals surface area contributed by atoms with Crippen LogP contribution < -0.4 is 0 Å². The minimum Gasteiger partial charge on any atom is -0.353 e. The molecule has 36 heavy (non-hydrogen) atoms. The molecule has 184 valence electrons. The van der Waals surface area contributed by atoms with Crippen LogP contribution in [0.5, 0.6) is 0 Å². The summed E-state index contributed by atoms with van der Waals surface area (Å²) in [6.07, 6.45) is 9.02. The van der Waals surface area contributed by atoms with E-state index in [1.807, 2.05) is 53.6 Å². The summed E-state index contributed by atoms with van der Waals surface area (Å²) in [5.74, 6) is 0.632.